The lowest BCUT2D eigenvalue weighted by molar-refractivity contribution is -0.123. The molecule has 5 N–H and O–H groups in total. The number of imide groups is 1. The highest BCUT2D eigenvalue weighted by atomic mass is 16.5. The summed E-state index contributed by atoms with van der Waals surface area (Å²) >= 11 is 0. The molecular formula is C30H34N6O6. The van der Waals surface area contributed by atoms with Crippen molar-refractivity contribution in [1.29, 1.82) is 0 Å². The Hall–Kier alpha value is -4.60. The fourth-order valence-corrected chi connectivity index (χ4v) is 5.48. The zero-order valence-corrected chi connectivity index (χ0v) is 23.5. The van der Waals surface area contributed by atoms with Gasteiger partial charge in [-0.1, -0.05) is 24.8 Å². The number of carbonyl (C=O) groups is 4. The van der Waals surface area contributed by atoms with Crippen LogP contribution in [0.15, 0.2) is 42.5 Å². The molecule has 2 fully saturated rings. The predicted octanol–water partition coefficient (Wildman–Crippen LogP) is 0.294. The number of aliphatic hydroxyl groups excluding tert-OH is 1. The minimum Gasteiger partial charge on any atom is -0.497 e. The number of urea groups is 1. The van der Waals surface area contributed by atoms with Crippen LogP contribution in [-0.2, 0) is 16.1 Å². The molecule has 12 heteroatoms. The summed E-state index contributed by atoms with van der Waals surface area (Å²) in [5, 5.41) is 21.5. The van der Waals surface area contributed by atoms with Crippen LogP contribution in [0.2, 0.25) is 0 Å². The molecule has 3 aliphatic rings. The molecule has 5 amide bonds. The monoisotopic (exact) mass is 574 g/mol. The van der Waals surface area contributed by atoms with Gasteiger partial charge in [-0.05, 0) is 61.3 Å². The largest absolute Gasteiger partial charge is 0.497 e. The summed E-state index contributed by atoms with van der Waals surface area (Å²) in [5.41, 5.74) is 0.839. The van der Waals surface area contributed by atoms with Crippen LogP contribution >= 0.6 is 0 Å². The number of ether oxygens (including phenoxy) is 1. The molecule has 2 unspecified atom stereocenters. The van der Waals surface area contributed by atoms with Crippen LogP contribution < -0.4 is 30.9 Å². The molecule has 0 radical (unpaired) electrons. The van der Waals surface area contributed by atoms with Gasteiger partial charge in [0.25, 0.3) is 11.8 Å². The number of likely N-dealkylation sites (N-methyl/N-ethyl adjacent to an activating group) is 1. The lowest BCUT2D eigenvalue weighted by Gasteiger charge is -2.29. The van der Waals surface area contributed by atoms with E-state index in [-0.39, 0.29) is 24.9 Å². The number of nitrogens with zero attached hydrogens (tertiary/aromatic N) is 2. The number of anilines is 1. The molecule has 12 nitrogen and oxygen atoms in total. The van der Waals surface area contributed by atoms with E-state index in [0.29, 0.717) is 48.5 Å². The summed E-state index contributed by atoms with van der Waals surface area (Å²) in [4.78, 5) is 54.2. The van der Waals surface area contributed by atoms with E-state index in [2.05, 4.69) is 33.1 Å². The number of fused-ring (bicyclic) bond motifs is 1. The molecular weight excluding hydrogens is 540 g/mol. The van der Waals surface area contributed by atoms with E-state index in [1.165, 1.54) is 12.0 Å². The van der Waals surface area contributed by atoms with Crippen LogP contribution in [0.1, 0.15) is 41.3 Å². The van der Waals surface area contributed by atoms with Gasteiger partial charge in [-0.3, -0.25) is 19.7 Å². The number of hydrogen-bond acceptors (Lipinski definition) is 8. The van der Waals surface area contributed by atoms with Gasteiger partial charge in [0.05, 0.1) is 13.7 Å². The van der Waals surface area contributed by atoms with Gasteiger partial charge < -0.3 is 35.6 Å². The summed E-state index contributed by atoms with van der Waals surface area (Å²) < 4.78 is 5.23. The van der Waals surface area contributed by atoms with E-state index in [1.54, 1.807) is 47.4 Å². The molecule has 220 valence electrons. The molecule has 0 aromatic heterocycles. The number of nitrogens with one attached hydrogen (secondary N) is 4. The van der Waals surface area contributed by atoms with Crippen molar-refractivity contribution >= 4 is 29.4 Å². The van der Waals surface area contributed by atoms with Gasteiger partial charge in [0.15, 0.2) is 0 Å². The first kappa shape index (κ1) is 28.9. The first-order chi connectivity index (χ1) is 20.2. The van der Waals surface area contributed by atoms with Crippen LogP contribution in [0.4, 0.5) is 10.5 Å². The number of aliphatic hydroxyl groups is 1. The second-order valence-electron chi connectivity index (χ2n) is 10.4. The lowest BCUT2D eigenvalue weighted by Crippen LogP contribution is -2.54. The Balaban J connectivity index is 1.32. The summed E-state index contributed by atoms with van der Waals surface area (Å²) in [6.45, 7) is 4.10. The standard InChI is InChI=1S/C30H34N6O6/c1-3-31-14-15-32-26(38)24-10-11-25(37)36(24)21-7-4-19(5-8-21)12-13-30(28(40)33-29(41)34-30)18-35-17-20-6-9-22(42-2)16-23(20)27(35)39/h4-9,16,24-25,31,37H,3,10-11,14-15,17-18H2,1-2H3,(H,32,38)(H2,33,34,40,41)/t24?,25?,30-/m1/s1. The van der Waals surface area contributed by atoms with E-state index in [1.807, 2.05) is 6.92 Å². The topological polar surface area (TPSA) is 152 Å². The molecule has 0 spiro atoms. The van der Waals surface area contributed by atoms with Crippen molar-refractivity contribution < 1.29 is 29.0 Å². The normalized spacial score (nSPS) is 22.8. The van der Waals surface area contributed by atoms with Crippen LogP contribution in [0.25, 0.3) is 0 Å². The Morgan fingerprint density at radius 3 is 2.62 bits per heavy atom. The lowest BCUT2D eigenvalue weighted by atomic mass is 9.99. The van der Waals surface area contributed by atoms with Crippen LogP contribution in [-0.4, -0.2) is 84.9 Å². The van der Waals surface area contributed by atoms with Crippen molar-refractivity contribution in [2.45, 2.75) is 44.1 Å². The van der Waals surface area contributed by atoms with Gasteiger partial charge >= 0.3 is 6.03 Å². The first-order valence-corrected chi connectivity index (χ1v) is 13.9. The Labute approximate surface area is 243 Å². The van der Waals surface area contributed by atoms with E-state index < -0.39 is 29.7 Å². The quantitative estimate of drug-likeness (QED) is 0.163. The van der Waals surface area contributed by atoms with E-state index in [9.17, 15) is 24.3 Å². The maximum atomic E-state index is 13.1. The number of rotatable bonds is 9. The van der Waals surface area contributed by atoms with Crippen molar-refractivity contribution in [2.75, 3.05) is 38.2 Å². The van der Waals surface area contributed by atoms with E-state index >= 15 is 0 Å². The van der Waals surface area contributed by atoms with Crippen molar-refractivity contribution in [2.24, 2.45) is 0 Å². The molecule has 2 saturated heterocycles. The van der Waals surface area contributed by atoms with Gasteiger partial charge in [0.1, 0.15) is 18.0 Å². The highest BCUT2D eigenvalue weighted by Crippen LogP contribution is 2.31. The molecule has 42 heavy (non-hydrogen) atoms. The molecule has 3 atom stereocenters. The van der Waals surface area contributed by atoms with Gasteiger partial charge in [-0.25, -0.2) is 4.79 Å². The van der Waals surface area contributed by atoms with Crippen LogP contribution in [0.5, 0.6) is 5.75 Å². The Morgan fingerprint density at radius 2 is 1.93 bits per heavy atom. The third-order valence-corrected chi connectivity index (χ3v) is 7.66. The van der Waals surface area contributed by atoms with Crippen molar-refractivity contribution in [1.82, 2.24) is 26.2 Å². The molecule has 5 rings (SSSR count). The van der Waals surface area contributed by atoms with E-state index in [4.69, 9.17) is 4.74 Å². The molecule has 2 aromatic carbocycles. The minimum atomic E-state index is -1.64. The molecule has 3 heterocycles. The van der Waals surface area contributed by atoms with Gasteiger partial charge in [-0.2, -0.15) is 0 Å². The molecule has 0 aliphatic carbocycles. The maximum Gasteiger partial charge on any atom is 0.323 e. The summed E-state index contributed by atoms with van der Waals surface area (Å²) in [6.07, 6.45) is 0.198. The Kier molecular flexibility index (Phi) is 8.33. The smallest absolute Gasteiger partial charge is 0.323 e. The Morgan fingerprint density at radius 1 is 1.14 bits per heavy atom. The average molecular weight is 575 g/mol. The zero-order chi connectivity index (χ0) is 29.9. The fourth-order valence-electron chi connectivity index (χ4n) is 5.48. The zero-order valence-electron chi connectivity index (χ0n) is 23.5. The second kappa shape index (κ2) is 12.1. The van der Waals surface area contributed by atoms with Crippen molar-refractivity contribution in [3.63, 3.8) is 0 Å². The molecule has 3 aliphatic heterocycles. The number of amides is 5. The van der Waals surface area contributed by atoms with Gasteiger partial charge in [0.2, 0.25) is 11.4 Å². The SMILES string of the molecule is CCNCCNC(=O)C1CCC(O)N1c1ccc(C#C[C@]2(CN3Cc4ccc(OC)cc4C3=O)NC(=O)NC2=O)cc1. The maximum absolute atomic E-state index is 13.1. The fraction of sp³-hybridized carbons (Fsp3) is 0.400. The van der Waals surface area contributed by atoms with Gasteiger partial charge in [-0.15, -0.1) is 0 Å². The molecule has 0 saturated carbocycles. The van der Waals surface area contributed by atoms with Crippen LogP contribution in [0, 0.1) is 11.8 Å². The number of methoxy groups -OCH3 is 1. The Bertz CT molecular complexity index is 1450. The first-order valence-electron chi connectivity index (χ1n) is 13.9. The second-order valence-corrected chi connectivity index (χ2v) is 10.4. The molecule has 2 aromatic rings. The third-order valence-electron chi connectivity index (χ3n) is 7.66. The average Bonchev–Trinajstić information content (AvgIpc) is 3.62. The summed E-state index contributed by atoms with van der Waals surface area (Å²) in [6, 6.07) is 11.0. The highest BCUT2D eigenvalue weighted by Gasteiger charge is 2.48. The summed E-state index contributed by atoms with van der Waals surface area (Å²) in [7, 11) is 1.52. The van der Waals surface area contributed by atoms with Crippen molar-refractivity contribution in [3.05, 3.63) is 59.2 Å². The molecule has 0 bridgehead atoms. The summed E-state index contributed by atoms with van der Waals surface area (Å²) in [5.74, 6) is 5.34. The minimum absolute atomic E-state index is 0.143. The third kappa shape index (κ3) is 5.74. The highest BCUT2D eigenvalue weighted by molar-refractivity contribution is 6.10. The number of carbonyl (C=O) groups excluding carboxylic acids is 4. The van der Waals surface area contributed by atoms with Crippen molar-refractivity contribution in [3.8, 4) is 17.6 Å². The predicted molar refractivity (Wildman–Crippen MR) is 154 cm³/mol. The van der Waals surface area contributed by atoms with Gasteiger partial charge in [0, 0.05) is 36.4 Å². The van der Waals surface area contributed by atoms with Crippen LogP contribution in [0.3, 0.4) is 0 Å². The number of hydrogen-bond donors (Lipinski definition) is 5. The number of benzene rings is 2. The van der Waals surface area contributed by atoms with E-state index in [0.717, 1.165) is 12.1 Å².